The predicted molar refractivity (Wildman–Crippen MR) is 106 cm³/mol. The van der Waals surface area contributed by atoms with E-state index in [1.807, 2.05) is 31.2 Å². The van der Waals surface area contributed by atoms with E-state index in [0.717, 1.165) is 22.9 Å². The average Bonchev–Trinajstić information content (AvgIpc) is 2.68. The molecule has 2 atom stereocenters. The molecule has 1 aliphatic heterocycles. The normalized spacial score (nSPS) is 18.0. The largest absolute Gasteiger partial charge is 0.349 e. The van der Waals surface area contributed by atoms with Gasteiger partial charge in [-0.3, -0.25) is 9.59 Å². The quantitative estimate of drug-likeness (QED) is 0.781. The van der Waals surface area contributed by atoms with Crippen LogP contribution in [-0.2, 0) is 4.79 Å². The van der Waals surface area contributed by atoms with Crippen molar-refractivity contribution in [2.24, 2.45) is 5.92 Å². The molecule has 142 valence electrons. The second kappa shape index (κ2) is 8.65. The first kappa shape index (κ1) is 19.5. The summed E-state index contributed by atoms with van der Waals surface area (Å²) in [5.41, 5.74) is 1.47. The number of nitrogens with one attached hydrogen (secondary N) is 1. The van der Waals surface area contributed by atoms with Crippen LogP contribution in [0.2, 0.25) is 0 Å². The fraction of sp³-hybridized carbons (Fsp3) is 0.333. The van der Waals surface area contributed by atoms with E-state index >= 15 is 0 Å². The van der Waals surface area contributed by atoms with E-state index in [1.54, 1.807) is 4.90 Å². The Morgan fingerprint density at radius 1 is 1.22 bits per heavy atom. The number of carbonyl (C=O) groups excluding carboxylic acids is 2. The van der Waals surface area contributed by atoms with Gasteiger partial charge >= 0.3 is 0 Å². The Bertz CT molecular complexity index is 825. The summed E-state index contributed by atoms with van der Waals surface area (Å²) in [4.78, 5) is 27.0. The minimum absolute atomic E-state index is 0.0425. The SMILES string of the molecule is CC(NC(=O)C1CCCN(C(=O)c2ccc(F)cc2)C1)c1cccc(Br)c1. The zero-order chi connectivity index (χ0) is 19.4. The Hall–Kier alpha value is -2.21. The van der Waals surface area contributed by atoms with Crippen LogP contribution in [-0.4, -0.2) is 29.8 Å². The molecule has 1 N–H and O–H groups in total. The summed E-state index contributed by atoms with van der Waals surface area (Å²) in [7, 11) is 0. The minimum atomic E-state index is -0.371. The first-order valence-electron chi connectivity index (χ1n) is 9.04. The molecule has 2 aromatic rings. The van der Waals surface area contributed by atoms with Crippen molar-refractivity contribution >= 4 is 27.7 Å². The Morgan fingerprint density at radius 2 is 1.96 bits per heavy atom. The summed E-state index contributed by atoms with van der Waals surface area (Å²) in [6, 6.07) is 13.2. The molecule has 0 saturated carbocycles. The van der Waals surface area contributed by atoms with Gasteiger partial charge in [-0.15, -0.1) is 0 Å². The number of piperidine rings is 1. The van der Waals surface area contributed by atoms with Crippen LogP contribution in [0, 0.1) is 11.7 Å². The average molecular weight is 433 g/mol. The van der Waals surface area contributed by atoms with Crippen LogP contribution in [0.4, 0.5) is 4.39 Å². The molecule has 0 aromatic heterocycles. The maximum absolute atomic E-state index is 13.1. The summed E-state index contributed by atoms with van der Waals surface area (Å²) in [6.45, 7) is 2.94. The Labute approximate surface area is 166 Å². The van der Waals surface area contributed by atoms with Gasteiger partial charge in [-0.1, -0.05) is 28.1 Å². The van der Waals surface area contributed by atoms with Gasteiger partial charge in [0.1, 0.15) is 5.82 Å². The van der Waals surface area contributed by atoms with E-state index in [4.69, 9.17) is 0 Å². The van der Waals surface area contributed by atoms with Crippen LogP contribution in [0.5, 0.6) is 0 Å². The zero-order valence-corrected chi connectivity index (χ0v) is 16.7. The second-order valence-electron chi connectivity index (χ2n) is 6.88. The molecule has 27 heavy (non-hydrogen) atoms. The van der Waals surface area contributed by atoms with Crippen LogP contribution in [0.15, 0.2) is 53.0 Å². The van der Waals surface area contributed by atoms with Gasteiger partial charge in [0.05, 0.1) is 12.0 Å². The van der Waals surface area contributed by atoms with Gasteiger partial charge < -0.3 is 10.2 Å². The van der Waals surface area contributed by atoms with Crippen molar-refractivity contribution in [3.05, 3.63) is 69.9 Å². The van der Waals surface area contributed by atoms with Gasteiger partial charge in [0.15, 0.2) is 0 Å². The molecule has 6 heteroatoms. The van der Waals surface area contributed by atoms with Crippen molar-refractivity contribution < 1.29 is 14.0 Å². The number of carbonyl (C=O) groups is 2. The van der Waals surface area contributed by atoms with Gasteiger partial charge in [0.2, 0.25) is 5.91 Å². The highest BCUT2D eigenvalue weighted by molar-refractivity contribution is 9.10. The first-order valence-corrected chi connectivity index (χ1v) is 9.84. The van der Waals surface area contributed by atoms with E-state index in [9.17, 15) is 14.0 Å². The fourth-order valence-electron chi connectivity index (χ4n) is 3.34. The van der Waals surface area contributed by atoms with Crippen molar-refractivity contribution in [2.45, 2.75) is 25.8 Å². The van der Waals surface area contributed by atoms with Crippen molar-refractivity contribution in [1.82, 2.24) is 10.2 Å². The predicted octanol–water partition coefficient (Wildman–Crippen LogP) is 4.32. The monoisotopic (exact) mass is 432 g/mol. The van der Waals surface area contributed by atoms with Gasteiger partial charge in [-0.05, 0) is 61.7 Å². The topological polar surface area (TPSA) is 49.4 Å². The summed E-state index contributed by atoms with van der Waals surface area (Å²) in [6.07, 6.45) is 1.53. The van der Waals surface area contributed by atoms with E-state index in [1.165, 1.54) is 24.3 Å². The Kier molecular flexibility index (Phi) is 6.26. The third-order valence-electron chi connectivity index (χ3n) is 4.88. The van der Waals surface area contributed by atoms with E-state index < -0.39 is 0 Å². The lowest BCUT2D eigenvalue weighted by Gasteiger charge is -2.32. The number of rotatable bonds is 4. The number of benzene rings is 2. The molecule has 1 fully saturated rings. The fourth-order valence-corrected chi connectivity index (χ4v) is 3.76. The van der Waals surface area contributed by atoms with Gasteiger partial charge in [0.25, 0.3) is 5.91 Å². The molecule has 4 nitrogen and oxygen atoms in total. The smallest absolute Gasteiger partial charge is 0.253 e. The summed E-state index contributed by atoms with van der Waals surface area (Å²) in [5.74, 6) is -0.812. The third-order valence-corrected chi connectivity index (χ3v) is 5.37. The molecule has 1 saturated heterocycles. The molecule has 1 heterocycles. The number of hydrogen-bond donors (Lipinski definition) is 1. The highest BCUT2D eigenvalue weighted by atomic mass is 79.9. The second-order valence-corrected chi connectivity index (χ2v) is 7.80. The maximum Gasteiger partial charge on any atom is 0.253 e. The molecule has 2 unspecified atom stereocenters. The van der Waals surface area contributed by atoms with Crippen LogP contribution in [0.1, 0.15) is 41.7 Å². The van der Waals surface area contributed by atoms with Crippen LogP contribution in [0.3, 0.4) is 0 Å². The Balaban J connectivity index is 1.62. The lowest BCUT2D eigenvalue weighted by atomic mass is 9.95. The van der Waals surface area contributed by atoms with Crippen molar-refractivity contribution in [3.63, 3.8) is 0 Å². The molecular weight excluding hydrogens is 411 g/mol. The van der Waals surface area contributed by atoms with Gasteiger partial charge in [-0.25, -0.2) is 4.39 Å². The van der Waals surface area contributed by atoms with Crippen molar-refractivity contribution in [1.29, 1.82) is 0 Å². The van der Waals surface area contributed by atoms with Crippen LogP contribution in [0.25, 0.3) is 0 Å². The lowest BCUT2D eigenvalue weighted by Crippen LogP contribution is -2.45. The standard InChI is InChI=1S/C21H22BrFN2O2/c1-14(16-4-2-6-18(22)12-16)24-20(26)17-5-3-11-25(13-17)21(27)15-7-9-19(23)10-8-15/h2,4,6-10,12,14,17H,3,5,11,13H2,1H3,(H,24,26). The lowest BCUT2D eigenvalue weighted by molar-refractivity contribution is -0.127. The van der Waals surface area contributed by atoms with E-state index in [-0.39, 0.29) is 29.6 Å². The molecule has 0 bridgehead atoms. The molecule has 0 spiro atoms. The molecule has 0 radical (unpaired) electrons. The highest BCUT2D eigenvalue weighted by Gasteiger charge is 2.29. The van der Waals surface area contributed by atoms with Crippen LogP contribution < -0.4 is 5.32 Å². The molecule has 0 aliphatic carbocycles. The summed E-state index contributed by atoms with van der Waals surface area (Å²) >= 11 is 3.44. The molecule has 2 aromatic carbocycles. The van der Waals surface area contributed by atoms with Crippen molar-refractivity contribution in [2.75, 3.05) is 13.1 Å². The number of hydrogen-bond acceptors (Lipinski definition) is 2. The van der Waals surface area contributed by atoms with E-state index in [0.29, 0.717) is 18.7 Å². The van der Waals surface area contributed by atoms with Gasteiger partial charge in [-0.2, -0.15) is 0 Å². The number of halogens is 2. The van der Waals surface area contributed by atoms with Crippen LogP contribution >= 0.6 is 15.9 Å². The molecule has 2 amide bonds. The number of nitrogens with zero attached hydrogens (tertiary/aromatic N) is 1. The number of likely N-dealkylation sites (tertiary alicyclic amines) is 1. The Morgan fingerprint density at radius 3 is 2.67 bits per heavy atom. The number of amides is 2. The van der Waals surface area contributed by atoms with Crippen molar-refractivity contribution in [3.8, 4) is 0 Å². The third kappa shape index (κ3) is 4.95. The summed E-state index contributed by atoms with van der Waals surface area (Å²) in [5, 5.41) is 3.05. The minimum Gasteiger partial charge on any atom is -0.349 e. The maximum atomic E-state index is 13.1. The zero-order valence-electron chi connectivity index (χ0n) is 15.1. The van der Waals surface area contributed by atoms with Gasteiger partial charge in [0, 0.05) is 23.1 Å². The highest BCUT2D eigenvalue weighted by Crippen LogP contribution is 2.22. The summed E-state index contributed by atoms with van der Waals surface area (Å²) < 4.78 is 14.0. The van der Waals surface area contributed by atoms with E-state index in [2.05, 4.69) is 21.2 Å². The molecule has 3 rings (SSSR count). The molecule has 1 aliphatic rings. The molecular formula is C21H22BrFN2O2. The first-order chi connectivity index (χ1) is 12.9.